The molecule has 1 heterocycles. The number of aryl methyl sites for hydroxylation is 1. The van der Waals surface area contributed by atoms with Crippen LogP contribution in [-0.2, 0) is 4.79 Å². The van der Waals surface area contributed by atoms with Crippen molar-refractivity contribution >= 4 is 29.9 Å². The van der Waals surface area contributed by atoms with E-state index in [0.717, 1.165) is 12.0 Å². The number of nitrogens with two attached hydrogens (primary N) is 1. The van der Waals surface area contributed by atoms with E-state index in [1.54, 1.807) is 6.92 Å². The first-order valence-electron chi connectivity index (χ1n) is 9.52. The number of nitrogens with one attached hydrogen (secondary N) is 1. The third kappa shape index (κ3) is 5.14. The van der Waals surface area contributed by atoms with Crippen LogP contribution >= 0.6 is 12.4 Å². The number of nitro groups is 1. The van der Waals surface area contributed by atoms with Crippen molar-refractivity contribution < 1.29 is 14.5 Å². The predicted molar refractivity (Wildman–Crippen MR) is 116 cm³/mol. The highest BCUT2D eigenvalue weighted by atomic mass is 35.5. The molecule has 3 rings (SSSR count). The number of carbonyl (C=O) groups excluding carboxylic acids is 2. The van der Waals surface area contributed by atoms with E-state index >= 15 is 0 Å². The molecule has 0 bridgehead atoms. The van der Waals surface area contributed by atoms with E-state index in [2.05, 4.69) is 5.32 Å². The van der Waals surface area contributed by atoms with Crippen LogP contribution in [0.1, 0.15) is 40.4 Å². The first-order chi connectivity index (χ1) is 13.9. The predicted octanol–water partition coefficient (Wildman–Crippen LogP) is 2.75. The van der Waals surface area contributed by atoms with Crippen LogP contribution in [0.5, 0.6) is 0 Å². The maximum atomic E-state index is 12.9. The van der Waals surface area contributed by atoms with E-state index < -0.39 is 11.0 Å². The van der Waals surface area contributed by atoms with E-state index in [9.17, 15) is 19.7 Å². The van der Waals surface area contributed by atoms with Gasteiger partial charge in [-0.3, -0.25) is 19.7 Å². The molecule has 0 aliphatic carbocycles. The van der Waals surface area contributed by atoms with E-state index in [1.807, 2.05) is 30.3 Å². The lowest BCUT2D eigenvalue weighted by molar-refractivity contribution is -0.385. The zero-order valence-corrected chi connectivity index (χ0v) is 17.4. The van der Waals surface area contributed by atoms with Crippen LogP contribution < -0.4 is 11.1 Å². The number of hydrogen-bond acceptors (Lipinski definition) is 5. The normalized spacial score (nSPS) is 16.5. The molecule has 2 amide bonds. The summed E-state index contributed by atoms with van der Waals surface area (Å²) in [6, 6.07) is 12.8. The number of halogens is 1. The average Bonchev–Trinajstić information content (AvgIpc) is 3.21. The van der Waals surface area contributed by atoms with E-state index in [-0.39, 0.29) is 42.5 Å². The van der Waals surface area contributed by atoms with Crippen molar-refractivity contribution in [1.82, 2.24) is 10.2 Å². The highest BCUT2D eigenvalue weighted by Crippen LogP contribution is 2.24. The van der Waals surface area contributed by atoms with Crippen LogP contribution in [0.25, 0.3) is 0 Å². The van der Waals surface area contributed by atoms with Gasteiger partial charge in [0, 0.05) is 36.3 Å². The number of likely N-dealkylation sites (tertiary alicyclic amines) is 1. The summed E-state index contributed by atoms with van der Waals surface area (Å²) in [5.41, 5.74) is 7.78. The van der Waals surface area contributed by atoms with Crippen molar-refractivity contribution in [3.63, 3.8) is 0 Å². The monoisotopic (exact) mass is 432 g/mol. The highest BCUT2D eigenvalue weighted by Gasteiger charge is 2.34. The van der Waals surface area contributed by atoms with E-state index in [4.69, 9.17) is 5.73 Å². The van der Waals surface area contributed by atoms with Gasteiger partial charge in [0.25, 0.3) is 11.6 Å². The third-order valence-electron chi connectivity index (χ3n) is 5.18. The maximum absolute atomic E-state index is 12.9. The summed E-state index contributed by atoms with van der Waals surface area (Å²) < 4.78 is 0. The second-order valence-electron chi connectivity index (χ2n) is 7.18. The number of hydrogen-bond donors (Lipinski definition) is 2. The summed E-state index contributed by atoms with van der Waals surface area (Å²) in [4.78, 5) is 37.6. The van der Waals surface area contributed by atoms with Gasteiger partial charge in [-0.15, -0.1) is 12.4 Å². The van der Waals surface area contributed by atoms with Gasteiger partial charge in [-0.2, -0.15) is 0 Å². The van der Waals surface area contributed by atoms with Crippen molar-refractivity contribution in [3.8, 4) is 0 Å². The molecule has 9 heteroatoms. The number of amides is 2. The number of nitro benzene ring substituents is 1. The van der Waals surface area contributed by atoms with Crippen LogP contribution in [0.4, 0.5) is 5.69 Å². The molecule has 1 saturated heterocycles. The minimum Gasteiger partial charge on any atom is -0.352 e. The van der Waals surface area contributed by atoms with Crippen molar-refractivity contribution in [1.29, 1.82) is 0 Å². The molecule has 2 unspecified atom stereocenters. The van der Waals surface area contributed by atoms with Gasteiger partial charge in [-0.05, 0) is 37.5 Å². The lowest BCUT2D eigenvalue weighted by Gasteiger charge is -2.25. The summed E-state index contributed by atoms with van der Waals surface area (Å²) >= 11 is 0. The van der Waals surface area contributed by atoms with Gasteiger partial charge in [0.05, 0.1) is 4.92 Å². The molecule has 0 aromatic heterocycles. The third-order valence-corrected chi connectivity index (χ3v) is 5.18. The molecule has 8 nitrogen and oxygen atoms in total. The van der Waals surface area contributed by atoms with Crippen LogP contribution in [0.2, 0.25) is 0 Å². The zero-order valence-electron chi connectivity index (χ0n) is 16.6. The van der Waals surface area contributed by atoms with Crippen LogP contribution in [0, 0.1) is 17.0 Å². The molecule has 2 aromatic carbocycles. The molecule has 30 heavy (non-hydrogen) atoms. The summed E-state index contributed by atoms with van der Waals surface area (Å²) in [6.45, 7) is 2.34. The molecule has 0 radical (unpaired) electrons. The second-order valence-corrected chi connectivity index (χ2v) is 7.18. The van der Waals surface area contributed by atoms with Crippen molar-refractivity contribution in [2.24, 2.45) is 5.73 Å². The largest absolute Gasteiger partial charge is 0.352 e. The Morgan fingerprint density at radius 1 is 1.27 bits per heavy atom. The average molecular weight is 433 g/mol. The SMILES string of the molecule is Cc1cc(C(=O)N2CCCC2C(=O)NCC(N)c2ccccc2)ccc1[N+](=O)[O-].Cl. The molecule has 1 aliphatic heterocycles. The maximum Gasteiger partial charge on any atom is 0.272 e. The van der Waals surface area contributed by atoms with E-state index in [0.29, 0.717) is 24.1 Å². The number of rotatable bonds is 6. The minimum absolute atomic E-state index is 0. The Bertz CT molecular complexity index is 922. The zero-order chi connectivity index (χ0) is 21.0. The van der Waals surface area contributed by atoms with Crippen molar-refractivity contribution in [3.05, 3.63) is 75.3 Å². The smallest absolute Gasteiger partial charge is 0.272 e. The Morgan fingerprint density at radius 3 is 2.60 bits per heavy atom. The fourth-order valence-corrected chi connectivity index (χ4v) is 3.59. The molecule has 3 N–H and O–H groups in total. The topological polar surface area (TPSA) is 119 Å². The second kappa shape index (κ2) is 10.2. The Labute approximate surface area is 181 Å². The summed E-state index contributed by atoms with van der Waals surface area (Å²) in [7, 11) is 0. The lowest BCUT2D eigenvalue weighted by atomic mass is 10.1. The Kier molecular flexibility index (Phi) is 7.91. The molecule has 1 aliphatic rings. The first kappa shape index (κ1) is 23.3. The molecular formula is C21H25ClN4O4. The Hall–Kier alpha value is -2.97. The van der Waals surface area contributed by atoms with Crippen LogP contribution in [-0.4, -0.2) is 40.8 Å². The van der Waals surface area contributed by atoms with Gasteiger partial charge in [0.2, 0.25) is 5.91 Å². The lowest BCUT2D eigenvalue weighted by Crippen LogP contribution is -2.47. The van der Waals surface area contributed by atoms with Crippen LogP contribution in [0.3, 0.4) is 0 Å². The fraction of sp³-hybridized carbons (Fsp3) is 0.333. The molecule has 0 saturated carbocycles. The molecule has 2 atom stereocenters. The number of benzene rings is 2. The molecule has 2 aromatic rings. The Morgan fingerprint density at radius 2 is 1.97 bits per heavy atom. The van der Waals surface area contributed by atoms with Gasteiger partial charge < -0.3 is 16.0 Å². The fourth-order valence-electron chi connectivity index (χ4n) is 3.59. The van der Waals surface area contributed by atoms with E-state index in [1.165, 1.54) is 23.1 Å². The number of nitrogens with zero attached hydrogens (tertiary/aromatic N) is 2. The minimum atomic E-state index is -0.569. The summed E-state index contributed by atoms with van der Waals surface area (Å²) in [6.07, 6.45) is 1.30. The summed E-state index contributed by atoms with van der Waals surface area (Å²) in [5.74, 6) is -0.533. The van der Waals surface area contributed by atoms with Gasteiger partial charge >= 0.3 is 0 Å². The van der Waals surface area contributed by atoms with Gasteiger partial charge in [-0.25, -0.2) is 0 Å². The standard InChI is InChI=1S/C21H24N4O4.ClH/c1-14-12-16(9-10-18(14)25(28)29)21(27)24-11-5-8-19(24)20(26)23-13-17(22)15-6-3-2-4-7-15;/h2-4,6-7,9-10,12,17,19H,5,8,11,13,22H2,1H3,(H,23,26);1H. The number of carbonyl (C=O) groups is 2. The van der Waals surface area contributed by atoms with Gasteiger partial charge in [0.1, 0.15) is 6.04 Å². The van der Waals surface area contributed by atoms with Gasteiger partial charge in [-0.1, -0.05) is 30.3 Å². The first-order valence-corrected chi connectivity index (χ1v) is 9.52. The summed E-state index contributed by atoms with van der Waals surface area (Å²) in [5, 5.41) is 13.8. The highest BCUT2D eigenvalue weighted by molar-refractivity contribution is 5.98. The molecule has 0 spiro atoms. The molecule has 160 valence electrons. The molecule has 1 fully saturated rings. The molecular weight excluding hydrogens is 408 g/mol. The quantitative estimate of drug-likeness (QED) is 0.537. The van der Waals surface area contributed by atoms with Crippen LogP contribution in [0.15, 0.2) is 48.5 Å². The Balaban J connectivity index is 0.00000320. The van der Waals surface area contributed by atoms with Crippen molar-refractivity contribution in [2.45, 2.75) is 31.8 Å². The van der Waals surface area contributed by atoms with Crippen molar-refractivity contribution in [2.75, 3.05) is 13.1 Å². The van der Waals surface area contributed by atoms with Gasteiger partial charge in [0.15, 0.2) is 0 Å².